The summed E-state index contributed by atoms with van der Waals surface area (Å²) in [4.78, 5) is 3.01. The molecule has 0 radical (unpaired) electrons. The van der Waals surface area contributed by atoms with Crippen LogP contribution in [-0.2, 0) is 43.7 Å². The molecule has 61 heavy (non-hydrogen) atoms. The summed E-state index contributed by atoms with van der Waals surface area (Å²) in [6.07, 6.45) is 44.7. The molecule has 0 aromatic heterocycles. The number of nitrogens with zero attached hydrogens (tertiary/aromatic N) is 2. The van der Waals surface area contributed by atoms with Gasteiger partial charge >= 0.3 is 67.3 Å². The Labute approximate surface area is 389 Å². The Morgan fingerprint density at radius 3 is 1.07 bits per heavy atom. The molecule has 0 spiro atoms. The van der Waals surface area contributed by atoms with E-state index in [0.29, 0.717) is 0 Å². The monoisotopic (exact) mass is 929 g/mol. The molecule has 2 aromatic rings. The van der Waals surface area contributed by atoms with Gasteiger partial charge in [-0.15, -0.1) is 0 Å². The zero-order valence-corrected chi connectivity index (χ0v) is 43.1. The first kappa shape index (κ1) is 55.3. The quantitative estimate of drug-likeness (QED) is 0.0367. The van der Waals surface area contributed by atoms with E-state index >= 15 is 0 Å². The Morgan fingerprint density at radius 2 is 0.672 bits per heavy atom. The summed E-state index contributed by atoms with van der Waals surface area (Å²) in [5, 5.41) is 0. The summed E-state index contributed by atoms with van der Waals surface area (Å²) >= 11 is 1.07. The van der Waals surface area contributed by atoms with Gasteiger partial charge in [-0.05, 0) is 111 Å². The number of allylic oxidation sites excluding steroid dienone is 2. The molecular weight excluding hydrogens is 831 g/mol. The van der Waals surface area contributed by atoms with Crippen molar-refractivity contribution in [3.63, 3.8) is 0 Å². The number of rotatable bonds is 37. The predicted molar refractivity (Wildman–Crippen MR) is 269 cm³/mol. The van der Waals surface area contributed by atoms with Crippen LogP contribution in [0.3, 0.4) is 0 Å². The molecule has 3 heteroatoms. The Bertz CT molecular complexity index is 1460. The number of benzene rings is 2. The summed E-state index contributed by atoms with van der Waals surface area (Å²) in [5.41, 5.74) is 23.8. The Hall–Kier alpha value is -1.82. The van der Waals surface area contributed by atoms with Crippen LogP contribution >= 0.6 is 0 Å². The SMILES string of the molecule is CCCCCCCCC1=C(c2cc(CCCCC)cc(CCCCCCCC)c2)[N+](=[N-])C(c2cc(CCCCC)cc(CCCCCCCC)c2)=C1.CCC[CH2][Pd][CH2]CCC. The van der Waals surface area contributed by atoms with Gasteiger partial charge in [-0.1, -0.05) is 169 Å². The van der Waals surface area contributed by atoms with Crippen LogP contribution in [0.1, 0.15) is 268 Å². The Morgan fingerprint density at radius 1 is 0.361 bits per heavy atom. The maximum absolute atomic E-state index is 12.3. The molecule has 3 rings (SSSR count). The van der Waals surface area contributed by atoms with Gasteiger partial charge in [0, 0.05) is 22.8 Å². The van der Waals surface area contributed by atoms with Crippen LogP contribution in [0.15, 0.2) is 48.0 Å². The van der Waals surface area contributed by atoms with Crippen molar-refractivity contribution < 1.29 is 22.7 Å². The van der Waals surface area contributed by atoms with Crippen molar-refractivity contribution >= 4 is 11.4 Å². The van der Waals surface area contributed by atoms with Gasteiger partial charge in [0.1, 0.15) is 0 Å². The molecule has 2 aromatic carbocycles. The number of aryl methyl sites for hydroxylation is 4. The van der Waals surface area contributed by atoms with E-state index < -0.39 is 0 Å². The molecule has 1 heterocycles. The predicted octanol–water partition coefficient (Wildman–Crippen LogP) is 20.0. The summed E-state index contributed by atoms with van der Waals surface area (Å²) in [7, 11) is 0. The molecule has 1 aliphatic rings. The molecular formula is C58H98N2Pd. The summed E-state index contributed by atoms with van der Waals surface area (Å²) in [6.45, 7) is 16.0. The second-order valence-corrected chi connectivity index (χ2v) is 20.8. The van der Waals surface area contributed by atoms with Crippen molar-refractivity contribution in [2.24, 2.45) is 0 Å². The fourth-order valence-electron chi connectivity index (χ4n) is 8.58. The molecule has 0 amide bonds. The van der Waals surface area contributed by atoms with Crippen LogP contribution in [0.5, 0.6) is 0 Å². The minimum absolute atomic E-state index is 0.978. The molecule has 0 saturated carbocycles. The van der Waals surface area contributed by atoms with E-state index in [-0.39, 0.29) is 0 Å². The molecule has 0 atom stereocenters. The minimum atomic E-state index is 0.978. The molecule has 0 fully saturated rings. The normalized spacial score (nSPS) is 12.7. The molecule has 0 saturated heterocycles. The number of hydrogen-bond acceptors (Lipinski definition) is 0. The zero-order valence-electron chi connectivity index (χ0n) is 41.5. The summed E-state index contributed by atoms with van der Waals surface area (Å²) in [6, 6.07) is 14.6. The van der Waals surface area contributed by atoms with Crippen molar-refractivity contribution in [1.82, 2.24) is 0 Å². The van der Waals surface area contributed by atoms with Crippen LogP contribution < -0.4 is 0 Å². The second-order valence-electron chi connectivity index (χ2n) is 18.4. The van der Waals surface area contributed by atoms with Crippen LogP contribution in [-0.4, -0.2) is 4.70 Å². The van der Waals surface area contributed by atoms with Crippen LogP contribution in [0.4, 0.5) is 0 Å². The van der Waals surface area contributed by atoms with Gasteiger partial charge in [-0.2, -0.15) is 0 Å². The third-order valence-electron chi connectivity index (χ3n) is 12.5. The first-order valence-corrected chi connectivity index (χ1v) is 28.8. The fourth-order valence-corrected chi connectivity index (χ4v) is 10.8. The van der Waals surface area contributed by atoms with Crippen molar-refractivity contribution in [2.45, 2.75) is 270 Å². The van der Waals surface area contributed by atoms with Gasteiger partial charge in [0.05, 0.1) is 0 Å². The third-order valence-corrected chi connectivity index (χ3v) is 14.7. The number of unbranched alkanes of at least 4 members (excludes halogenated alkanes) is 21. The average Bonchev–Trinajstić information content (AvgIpc) is 3.60. The van der Waals surface area contributed by atoms with E-state index in [1.54, 1.807) is 4.70 Å². The van der Waals surface area contributed by atoms with Gasteiger partial charge in [0.2, 0.25) is 11.4 Å². The number of hydrogen-bond donors (Lipinski definition) is 0. The van der Waals surface area contributed by atoms with Crippen LogP contribution in [0.2, 0.25) is 9.79 Å². The fraction of sp³-hybridized carbons (Fsp3) is 0.724. The topological polar surface area (TPSA) is 25.3 Å². The van der Waals surface area contributed by atoms with E-state index in [4.69, 9.17) is 0 Å². The summed E-state index contributed by atoms with van der Waals surface area (Å²) in [5.74, 6) is 0. The van der Waals surface area contributed by atoms with E-state index in [1.807, 2.05) is 0 Å². The first-order chi connectivity index (χ1) is 30.0. The van der Waals surface area contributed by atoms with Gasteiger partial charge < -0.3 is 5.53 Å². The molecule has 350 valence electrons. The van der Waals surface area contributed by atoms with Crippen LogP contribution in [0.25, 0.3) is 16.9 Å². The second kappa shape index (κ2) is 37.5. The Balaban J connectivity index is 0.00000127. The van der Waals surface area contributed by atoms with Crippen LogP contribution in [0, 0.1) is 0 Å². The average molecular weight is 930 g/mol. The van der Waals surface area contributed by atoms with E-state index in [1.165, 1.54) is 229 Å². The van der Waals surface area contributed by atoms with Gasteiger partial charge in [-0.3, -0.25) is 0 Å². The van der Waals surface area contributed by atoms with Crippen molar-refractivity contribution in [2.75, 3.05) is 0 Å². The summed E-state index contributed by atoms with van der Waals surface area (Å²) < 4.78 is 1.60. The standard InChI is InChI=1S/C50H80N2.2C4H9.Pd/c1-6-11-16-19-22-27-32-43-35-42(30-25-14-9-4)37-47(38-43)49-41-46(34-29-24-21-18-13-8-3)50(52(49)51)48-39-44(31-26-15-10-5)36-45(40-48)33-28-23-20-17-12-7-2;2*1-3-4-2;/h35-41H,6-34H2,1-5H3;2*1,3-4H2,2H3;. The third kappa shape index (κ3) is 24.7. The maximum atomic E-state index is 12.3. The Kier molecular flexibility index (Phi) is 34.0. The van der Waals surface area contributed by atoms with E-state index in [9.17, 15) is 5.53 Å². The van der Waals surface area contributed by atoms with Gasteiger partial charge in [0.25, 0.3) is 0 Å². The molecule has 1 aliphatic heterocycles. The van der Waals surface area contributed by atoms with Gasteiger partial charge in [-0.25, -0.2) is 4.70 Å². The molecule has 2 nitrogen and oxygen atoms in total. The van der Waals surface area contributed by atoms with E-state index in [2.05, 4.69) is 90.9 Å². The molecule has 0 aliphatic carbocycles. The van der Waals surface area contributed by atoms with Crippen molar-refractivity contribution in [3.05, 3.63) is 87.0 Å². The van der Waals surface area contributed by atoms with Crippen molar-refractivity contribution in [3.8, 4) is 0 Å². The van der Waals surface area contributed by atoms with Crippen molar-refractivity contribution in [1.29, 1.82) is 0 Å². The molecule has 0 bridgehead atoms. The van der Waals surface area contributed by atoms with E-state index in [0.717, 1.165) is 61.5 Å². The first-order valence-electron chi connectivity index (χ1n) is 26.6. The molecule has 0 N–H and O–H groups in total. The molecule has 0 unspecified atom stereocenters. The van der Waals surface area contributed by atoms with Gasteiger partial charge in [0.15, 0.2) is 0 Å². The zero-order chi connectivity index (χ0) is 44.2.